The molecule has 1 N–H and O–H groups in total. The predicted molar refractivity (Wildman–Crippen MR) is 64.6 cm³/mol. The molecule has 0 saturated carbocycles. The van der Waals surface area contributed by atoms with Crippen molar-refractivity contribution in [2.45, 2.75) is 40.0 Å². The van der Waals surface area contributed by atoms with Crippen LogP contribution in [0.4, 0.5) is 0 Å². The summed E-state index contributed by atoms with van der Waals surface area (Å²) in [5.41, 5.74) is 0.477. The summed E-state index contributed by atoms with van der Waals surface area (Å²) in [6, 6.07) is 0. The summed E-state index contributed by atoms with van der Waals surface area (Å²) in [7, 11) is 0. The van der Waals surface area contributed by atoms with Crippen LogP contribution < -0.4 is 5.32 Å². The third-order valence-corrected chi connectivity index (χ3v) is 2.93. The molecule has 0 aliphatic carbocycles. The van der Waals surface area contributed by atoms with Crippen LogP contribution in [0.3, 0.4) is 0 Å². The van der Waals surface area contributed by atoms with E-state index in [0.29, 0.717) is 5.41 Å². The Morgan fingerprint density at radius 3 is 2.54 bits per heavy atom. The normalized spacial score (nSPS) is 12.0. The van der Waals surface area contributed by atoms with E-state index in [1.54, 1.807) is 0 Å². The van der Waals surface area contributed by atoms with Gasteiger partial charge >= 0.3 is 0 Å². The molecule has 0 atom stereocenters. The second kappa shape index (κ2) is 7.69. The number of thioether (sulfide) groups is 1. The molecule has 0 aromatic heterocycles. The third-order valence-electron chi connectivity index (χ3n) is 2.23. The summed E-state index contributed by atoms with van der Waals surface area (Å²) in [6.07, 6.45) is 6.11. The van der Waals surface area contributed by atoms with Crippen molar-refractivity contribution < 1.29 is 0 Å². The lowest BCUT2D eigenvalue weighted by Gasteiger charge is -2.24. The first-order chi connectivity index (χ1) is 6.12. The van der Waals surface area contributed by atoms with E-state index in [-0.39, 0.29) is 0 Å². The second-order valence-electron chi connectivity index (χ2n) is 4.44. The van der Waals surface area contributed by atoms with Crippen molar-refractivity contribution in [1.82, 2.24) is 5.32 Å². The highest BCUT2D eigenvalue weighted by molar-refractivity contribution is 7.98. The van der Waals surface area contributed by atoms with Crippen LogP contribution in [-0.2, 0) is 0 Å². The van der Waals surface area contributed by atoms with E-state index in [0.717, 1.165) is 13.1 Å². The van der Waals surface area contributed by atoms with E-state index in [1.165, 1.54) is 25.0 Å². The number of hydrogen-bond acceptors (Lipinski definition) is 2. The van der Waals surface area contributed by atoms with E-state index in [2.05, 4.69) is 32.3 Å². The van der Waals surface area contributed by atoms with Gasteiger partial charge in [-0.15, -0.1) is 0 Å². The third kappa shape index (κ3) is 8.63. The quantitative estimate of drug-likeness (QED) is 0.608. The van der Waals surface area contributed by atoms with Crippen LogP contribution in [0.2, 0.25) is 0 Å². The predicted octanol–water partition coefficient (Wildman–Crippen LogP) is 3.16. The number of rotatable bonds is 8. The molecule has 13 heavy (non-hydrogen) atoms. The average molecular weight is 203 g/mol. The molecule has 0 unspecified atom stereocenters. The summed E-state index contributed by atoms with van der Waals surface area (Å²) < 4.78 is 0. The lowest BCUT2D eigenvalue weighted by Crippen LogP contribution is -2.29. The lowest BCUT2D eigenvalue weighted by atomic mass is 9.88. The highest BCUT2D eigenvalue weighted by atomic mass is 32.2. The van der Waals surface area contributed by atoms with Gasteiger partial charge in [0.05, 0.1) is 0 Å². The first kappa shape index (κ1) is 13.3. The fraction of sp³-hybridized carbons (Fsp3) is 1.00. The molecular weight excluding hydrogens is 178 g/mol. The molecule has 0 aromatic carbocycles. The SMILES string of the molecule is CCCNCC(C)(C)CCCSC. The van der Waals surface area contributed by atoms with Gasteiger partial charge in [-0.3, -0.25) is 0 Å². The van der Waals surface area contributed by atoms with E-state index < -0.39 is 0 Å². The highest BCUT2D eigenvalue weighted by Crippen LogP contribution is 2.21. The number of hydrogen-bond donors (Lipinski definition) is 1. The van der Waals surface area contributed by atoms with Gasteiger partial charge in [-0.2, -0.15) is 11.8 Å². The van der Waals surface area contributed by atoms with Crippen molar-refractivity contribution in [3.63, 3.8) is 0 Å². The van der Waals surface area contributed by atoms with Crippen molar-refractivity contribution in [2.75, 3.05) is 25.1 Å². The molecular formula is C11H25NS. The first-order valence-electron chi connectivity index (χ1n) is 5.32. The fourth-order valence-corrected chi connectivity index (χ4v) is 1.82. The maximum absolute atomic E-state index is 3.50. The minimum Gasteiger partial charge on any atom is -0.316 e. The van der Waals surface area contributed by atoms with Gasteiger partial charge in [-0.1, -0.05) is 20.8 Å². The molecule has 0 heterocycles. The molecule has 80 valence electrons. The van der Waals surface area contributed by atoms with Crippen molar-refractivity contribution >= 4 is 11.8 Å². The lowest BCUT2D eigenvalue weighted by molar-refractivity contribution is 0.313. The molecule has 0 spiro atoms. The molecule has 0 amide bonds. The van der Waals surface area contributed by atoms with E-state index >= 15 is 0 Å². The maximum atomic E-state index is 3.50. The Hall–Kier alpha value is 0.310. The molecule has 0 saturated heterocycles. The van der Waals surface area contributed by atoms with Crippen molar-refractivity contribution in [1.29, 1.82) is 0 Å². The van der Waals surface area contributed by atoms with Crippen LogP contribution >= 0.6 is 11.8 Å². The number of nitrogens with one attached hydrogen (secondary N) is 1. The van der Waals surface area contributed by atoms with Gasteiger partial charge in [0, 0.05) is 6.54 Å². The van der Waals surface area contributed by atoms with Gasteiger partial charge in [0.15, 0.2) is 0 Å². The first-order valence-corrected chi connectivity index (χ1v) is 6.71. The van der Waals surface area contributed by atoms with E-state index in [4.69, 9.17) is 0 Å². The topological polar surface area (TPSA) is 12.0 Å². The Balaban J connectivity index is 3.42. The van der Waals surface area contributed by atoms with Gasteiger partial charge in [0.1, 0.15) is 0 Å². The Bertz CT molecular complexity index is 101. The molecule has 0 aliphatic rings. The maximum Gasteiger partial charge on any atom is 0.000252 e. The summed E-state index contributed by atoms with van der Waals surface area (Å²) in [5.74, 6) is 1.30. The molecule has 1 nitrogen and oxygen atoms in total. The van der Waals surface area contributed by atoms with Gasteiger partial charge in [-0.25, -0.2) is 0 Å². The van der Waals surface area contributed by atoms with E-state index in [9.17, 15) is 0 Å². The molecule has 0 aromatic rings. The monoisotopic (exact) mass is 203 g/mol. The highest BCUT2D eigenvalue weighted by Gasteiger charge is 2.15. The van der Waals surface area contributed by atoms with Crippen LogP contribution in [0.25, 0.3) is 0 Å². The smallest absolute Gasteiger partial charge is 0.000252 e. The van der Waals surface area contributed by atoms with Crippen LogP contribution in [0.1, 0.15) is 40.0 Å². The van der Waals surface area contributed by atoms with Gasteiger partial charge in [-0.05, 0) is 43.2 Å². The van der Waals surface area contributed by atoms with Crippen molar-refractivity contribution in [3.05, 3.63) is 0 Å². The summed E-state index contributed by atoms with van der Waals surface area (Å²) in [5, 5.41) is 3.50. The molecule has 0 bridgehead atoms. The average Bonchev–Trinajstić information content (AvgIpc) is 2.05. The van der Waals surface area contributed by atoms with Crippen molar-refractivity contribution in [3.8, 4) is 0 Å². The zero-order valence-corrected chi connectivity index (χ0v) is 10.5. The molecule has 2 heteroatoms. The molecule has 0 rings (SSSR count). The van der Waals surface area contributed by atoms with Crippen LogP contribution in [-0.4, -0.2) is 25.1 Å². The van der Waals surface area contributed by atoms with Gasteiger partial charge < -0.3 is 5.32 Å². The van der Waals surface area contributed by atoms with E-state index in [1.807, 2.05) is 11.8 Å². The summed E-state index contributed by atoms with van der Waals surface area (Å²) >= 11 is 1.95. The molecule has 0 fully saturated rings. The summed E-state index contributed by atoms with van der Waals surface area (Å²) in [4.78, 5) is 0. The van der Waals surface area contributed by atoms with Crippen LogP contribution in [0, 0.1) is 5.41 Å². The van der Waals surface area contributed by atoms with Gasteiger partial charge in [0.2, 0.25) is 0 Å². The minimum atomic E-state index is 0.477. The zero-order chi connectivity index (χ0) is 10.2. The standard InChI is InChI=1S/C11H25NS/c1-5-8-12-10-11(2,3)7-6-9-13-4/h12H,5-10H2,1-4H3. The molecule has 0 radical (unpaired) electrons. The Kier molecular flexibility index (Phi) is 7.87. The minimum absolute atomic E-state index is 0.477. The largest absolute Gasteiger partial charge is 0.316 e. The fourth-order valence-electron chi connectivity index (χ4n) is 1.39. The molecule has 0 aliphatic heterocycles. The second-order valence-corrected chi connectivity index (χ2v) is 5.42. The Labute approximate surface area is 88.1 Å². The van der Waals surface area contributed by atoms with Crippen LogP contribution in [0.5, 0.6) is 0 Å². The zero-order valence-electron chi connectivity index (χ0n) is 9.65. The van der Waals surface area contributed by atoms with Crippen molar-refractivity contribution in [2.24, 2.45) is 5.41 Å². The summed E-state index contributed by atoms with van der Waals surface area (Å²) in [6.45, 7) is 9.25. The van der Waals surface area contributed by atoms with Gasteiger partial charge in [0.25, 0.3) is 0 Å². The Morgan fingerprint density at radius 1 is 1.31 bits per heavy atom. The van der Waals surface area contributed by atoms with Crippen LogP contribution in [0.15, 0.2) is 0 Å². The Morgan fingerprint density at radius 2 is 2.00 bits per heavy atom.